The smallest absolute Gasteiger partial charge is 0.165 e. The van der Waals surface area contributed by atoms with Gasteiger partial charge in [-0.05, 0) is 37.3 Å². The van der Waals surface area contributed by atoms with Crippen molar-refractivity contribution in [2.75, 3.05) is 20.1 Å². The van der Waals surface area contributed by atoms with Gasteiger partial charge < -0.3 is 24.5 Å². The summed E-state index contributed by atoms with van der Waals surface area (Å²) in [7, 11) is 2.32. The van der Waals surface area contributed by atoms with E-state index in [9.17, 15) is 15.3 Å². The number of halogens is 1. The number of likely N-dealkylation sites (tertiary alicyclic amines) is 1. The molecule has 1 aromatic carbocycles. The molecule has 5 aliphatic rings. The number of piperidine rings is 1. The molecular formula is C21H27BrNO4+. The zero-order valence-electron chi connectivity index (χ0n) is 15.6. The number of rotatable bonds is 2. The van der Waals surface area contributed by atoms with E-state index in [4.69, 9.17) is 4.74 Å². The normalized spacial score (nSPS) is 46.7. The lowest BCUT2D eigenvalue weighted by Gasteiger charge is -2.65. The van der Waals surface area contributed by atoms with Gasteiger partial charge >= 0.3 is 0 Å². The van der Waals surface area contributed by atoms with E-state index in [2.05, 4.69) is 23.0 Å². The summed E-state index contributed by atoms with van der Waals surface area (Å²) in [4.78, 5) is 0. The first-order chi connectivity index (χ1) is 12.8. The van der Waals surface area contributed by atoms with Crippen molar-refractivity contribution in [3.05, 3.63) is 21.7 Å². The summed E-state index contributed by atoms with van der Waals surface area (Å²) in [6, 6.07) is 1.82. The van der Waals surface area contributed by atoms with Crippen LogP contribution in [0.1, 0.15) is 43.2 Å². The highest BCUT2D eigenvalue weighted by Crippen LogP contribution is 2.67. The van der Waals surface area contributed by atoms with Crippen molar-refractivity contribution in [2.45, 2.75) is 67.8 Å². The maximum absolute atomic E-state index is 12.3. The van der Waals surface area contributed by atoms with Crippen LogP contribution < -0.4 is 4.74 Å². The van der Waals surface area contributed by atoms with Gasteiger partial charge in [0.05, 0.1) is 31.7 Å². The van der Waals surface area contributed by atoms with E-state index in [1.807, 2.05) is 0 Å². The minimum absolute atomic E-state index is 0.102. The van der Waals surface area contributed by atoms with Gasteiger partial charge in [-0.1, -0.05) is 15.9 Å². The van der Waals surface area contributed by atoms with Crippen LogP contribution in [-0.4, -0.2) is 63.8 Å². The quantitative estimate of drug-likeness (QED) is 0.621. The number of ether oxygens (including phenoxy) is 1. The van der Waals surface area contributed by atoms with Gasteiger partial charge in [0, 0.05) is 28.8 Å². The van der Waals surface area contributed by atoms with Gasteiger partial charge in [-0.3, -0.25) is 0 Å². The Labute approximate surface area is 167 Å². The number of quaternary nitrogens is 1. The Morgan fingerprint density at radius 1 is 1.30 bits per heavy atom. The number of phenolic OH excluding ortho intramolecular Hbond substituents is 1. The number of hydrogen-bond acceptors (Lipinski definition) is 4. The molecular weight excluding hydrogens is 410 g/mol. The van der Waals surface area contributed by atoms with E-state index < -0.39 is 23.2 Å². The maximum atomic E-state index is 12.3. The van der Waals surface area contributed by atoms with Crippen LogP contribution in [0.25, 0.3) is 0 Å². The van der Waals surface area contributed by atoms with E-state index in [-0.39, 0.29) is 11.8 Å². The molecule has 0 amide bonds. The molecule has 2 aliphatic heterocycles. The van der Waals surface area contributed by atoms with Crippen molar-refractivity contribution < 1.29 is 24.5 Å². The lowest BCUT2D eigenvalue weighted by molar-refractivity contribution is -0.950. The van der Waals surface area contributed by atoms with Crippen LogP contribution in [-0.2, 0) is 11.8 Å². The number of nitrogens with zero attached hydrogens (tertiary/aromatic N) is 1. The van der Waals surface area contributed by atoms with Crippen LogP contribution in [0.15, 0.2) is 10.5 Å². The standard InChI is InChI=1S/C21H26BrNO4/c1-23(10-11-2-3-11)7-6-20-17-12-8-16(23)21(20,26)5-4-14(24)19(20)27-18(17)15(25)9-13(12)22/h9,11,14,16,19,24,26H,2-8,10H2,1H3/p+1/t14-,16+,19+,20-,21?,23?/m0/s1. The molecule has 6 atom stereocenters. The Morgan fingerprint density at radius 2 is 2.07 bits per heavy atom. The first kappa shape index (κ1) is 17.1. The number of aliphatic hydroxyl groups is 2. The highest BCUT2D eigenvalue weighted by molar-refractivity contribution is 9.10. The summed E-state index contributed by atoms with van der Waals surface area (Å²) in [5.41, 5.74) is 0.619. The van der Waals surface area contributed by atoms with Crippen LogP contribution in [0.4, 0.5) is 0 Å². The minimum atomic E-state index is -0.899. The molecule has 146 valence electrons. The fourth-order valence-corrected chi connectivity index (χ4v) is 7.75. The molecule has 6 heteroatoms. The SMILES string of the molecule is C[N+]1(CC2CC2)CC[C@]23c4c5c(Br)cc(O)c4O[C@@H]2[C@@H](O)CCC3(O)[C@H]1C5. The summed E-state index contributed by atoms with van der Waals surface area (Å²) in [6.07, 6.45) is 4.28. The number of aliphatic hydroxyl groups excluding tert-OH is 1. The summed E-state index contributed by atoms with van der Waals surface area (Å²) >= 11 is 3.67. The monoisotopic (exact) mass is 436 g/mol. The Kier molecular flexibility index (Phi) is 3.17. The molecule has 2 heterocycles. The van der Waals surface area contributed by atoms with Gasteiger partial charge in [0.2, 0.25) is 0 Å². The molecule has 2 bridgehead atoms. The van der Waals surface area contributed by atoms with Crippen LogP contribution in [0.2, 0.25) is 0 Å². The number of likely N-dealkylation sites (N-methyl/N-ethyl adjacent to an activating group) is 1. The molecule has 2 unspecified atom stereocenters. The van der Waals surface area contributed by atoms with Gasteiger partial charge in [0.1, 0.15) is 17.7 Å². The molecule has 0 aromatic heterocycles. The van der Waals surface area contributed by atoms with Crippen LogP contribution in [0.3, 0.4) is 0 Å². The van der Waals surface area contributed by atoms with Gasteiger partial charge in [0.25, 0.3) is 0 Å². The number of aromatic hydroxyl groups is 1. The van der Waals surface area contributed by atoms with E-state index in [0.29, 0.717) is 18.6 Å². The summed E-state index contributed by atoms with van der Waals surface area (Å²) in [5.74, 6) is 1.39. The van der Waals surface area contributed by atoms with Gasteiger partial charge in [-0.2, -0.15) is 0 Å². The predicted molar refractivity (Wildman–Crippen MR) is 103 cm³/mol. The fourth-order valence-electron chi connectivity index (χ4n) is 7.17. The third kappa shape index (κ3) is 1.86. The van der Waals surface area contributed by atoms with Gasteiger partial charge in [-0.25, -0.2) is 0 Å². The van der Waals surface area contributed by atoms with Crippen molar-refractivity contribution in [1.82, 2.24) is 0 Å². The van der Waals surface area contributed by atoms with Crippen molar-refractivity contribution in [3.8, 4) is 11.5 Å². The van der Waals surface area contributed by atoms with Gasteiger partial charge in [0.15, 0.2) is 11.5 Å². The highest BCUT2D eigenvalue weighted by atomic mass is 79.9. The second kappa shape index (κ2) is 5.02. The number of phenols is 1. The molecule has 6 rings (SSSR count). The van der Waals surface area contributed by atoms with Crippen molar-refractivity contribution in [3.63, 3.8) is 0 Å². The zero-order valence-corrected chi connectivity index (χ0v) is 17.2. The molecule has 2 saturated carbocycles. The topological polar surface area (TPSA) is 69.9 Å². The Bertz CT molecular complexity index is 857. The third-order valence-electron chi connectivity index (χ3n) is 8.52. The highest BCUT2D eigenvalue weighted by Gasteiger charge is 2.76. The molecule has 27 heavy (non-hydrogen) atoms. The van der Waals surface area contributed by atoms with Crippen molar-refractivity contribution in [2.24, 2.45) is 5.92 Å². The average molecular weight is 437 g/mol. The van der Waals surface area contributed by atoms with Crippen LogP contribution >= 0.6 is 15.9 Å². The van der Waals surface area contributed by atoms with Crippen molar-refractivity contribution in [1.29, 1.82) is 0 Å². The molecule has 3 fully saturated rings. The van der Waals surface area contributed by atoms with E-state index in [0.717, 1.165) is 51.9 Å². The molecule has 1 aromatic rings. The van der Waals surface area contributed by atoms with Crippen LogP contribution in [0.5, 0.6) is 11.5 Å². The lowest BCUT2D eigenvalue weighted by Crippen LogP contribution is -2.81. The second-order valence-electron chi connectivity index (χ2n) is 9.90. The van der Waals surface area contributed by atoms with E-state index in [1.54, 1.807) is 6.07 Å². The minimum Gasteiger partial charge on any atom is -0.504 e. The fraction of sp³-hybridized carbons (Fsp3) is 0.714. The first-order valence-electron chi connectivity index (χ1n) is 10.3. The third-order valence-corrected chi connectivity index (χ3v) is 9.23. The molecule has 1 spiro atoms. The number of benzene rings is 1. The lowest BCUT2D eigenvalue weighted by atomic mass is 9.48. The van der Waals surface area contributed by atoms with E-state index >= 15 is 0 Å². The Hall–Kier alpha value is -0.820. The van der Waals surface area contributed by atoms with Crippen LogP contribution in [0, 0.1) is 5.92 Å². The van der Waals surface area contributed by atoms with Gasteiger partial charge in [-0.15, -0.1) is 0 Å². The largest absolute Gasteiger partial charge is 0.504 e. The summed E-state index contributed by atoms with van der Waals surface area (Å²) in [5, 5.41) is 33.7. The molecule has 0 radical (unpaired) electrons. The van der Waals surface area contributed by atoms with E-state index in [1.165, 1.54) is 12.8 Å². The zero-order chi connectivity index (χ0) is 18.8. The summed E-state index contributed by atoms with van der Waals surface area (Å²) in [6.45, 7) is 2.12. The van der Waals surface area contributed by atoms with Crippen molar-refractivity contribution >= 4 is 15.9 Å². The first-order valence-corrected chi connectivity index (χ1v) is 11.1. The summed E-state index contributed by atoms with van der Waals surface area (Å²) < 4.78 is 8.02. The Morgan fingerprint density at radius 3 is 2.81 bits per heavy atom. The predicted octanol–water partition coefficient (Wildman–Crippen LogP) is 2.22. The maximum Gasteiger partial charge on any atom is 0.165 e. The average Bonchev–Trinajstić information content (AvgIpc) is 3.33. The molecule has 3 aliphatic carbocycles. The molecule has 5 nitrogen and oxygen atoms in total. The molecule has 1 saturated heterocycles. The number of hydrogen-bond donors (Lipinski definition) is 3. The second-order valence-corrected chi connectivity index (χ2v) is 10.8. The Balaban J connectivity index is 1.61. The molecule has 3 N–H and O–H groups in total.